The molecule has 0 aliphatic heterocycles. The van der Waals surface area contributed by atoms with E-state index in [0.717, 1.165) is 30.3 Å². The number of rotatable bonds is 5. The molecule has 0 fully saturated rings. The van der Waals surface area contributed by atoms with Crippen LogP contribution in [0, 0.1) is 0 Å². The first-order valence-electron chi connectivity index (χ1n) is 6.65. The Hall–Kier alpha value is -3.48. The lowest BCUT2D eigenvalue weighted by Crippen LogP contribution is -2.30. The topological polar surface area (TPSA) is 134 Å². The van der Waals surface area contributed by atoms with Crippen molar-refractivity contribution in [3.8, 4) is 0 Å². The molecule has 1 heterocycles. The van der Waals surface area contributed by atoms with Crippen LogP contribution in [0.15, 0.2) is 30.3 Å². The summed E-state index contributed by atoms with van der Waals surface area (Å²) in [7, 11) is 0. The van der Waals surface area contributed by atoms with Crippen molar-refractivity contribution in [1.29, 1.82) is 0 Å². The van der Waals surface area contributed by atoms with E-state index in [-0.39, 0.29) is 16.7 Å². The van der Waals surface area contributed by atoms with Crippen molar-refractivity contribution in [3.63, 3.8) is 0 Å². The van der Waals surface area contributed by atoms with Gasteiger partial charge in [0.15, 0.2) is 0 Å². The first-order chi connectivity index (χ1) is 12.5. The maximum Gasteiger partial charge on any atom is 0.533 e. The van der Waals surface area contributed by atoms with Gasteiger partial charge in [0.2, 0.25) is 11.1 Å². The van der Waals surface area contributed by atoms with Gasteiger partial charge in [0, 0.05) is 11.8 Å². The Morgan fingerprint density at radius 3 is 2.11 bits per heavy atom. The highest BCUT2D eigenvalue weighted by atomic mass is 35.5. The van der Waals surface area contributed by atoms with E-state index in [4.69, 9.17) is 21.8 Å². The molecular formula is C13H8ClF3N4O6. The second-order valence-corrected chi connectivity index (χ2v) is 4.89. The molecule has 144 valence electrons. The van der Waals surface area contributed by atoms with Crippen molar-refractivity contribution < 1.29 is 42.6 Å². The Morgan fingerprint density at radius 2 is 1.63 bits per heavy atom. The summed E-state index contributed by atoms with van der Waals surface area (Å²) in [6.07, 6.45) is -8.33. The summed E-state index contributed by atoms with van der Waals surface area (Å²) in [5.74, 6) is -0.632. The van der Waals surface area contributed by atoms with Crippen LogP contribution in [0.5, 0.6) is 0 Å². The third-order valence-electron chi connectivity index (χ3n) is 2.68. The fraction of sp³-hybridized carbons (Fsp3) is 0.0769. The van der Waals surface area contributed by atoms with E-state index in [1.54, 1.807) is 0 Å². The van der Waals surface area contributed by atoms with Crippen LogP contribution < -0.4 is 10.5 Å². The number of alkyl halides is 3. The molecule has 0 aliphatic rings. The molecule has 0 spiro atoms. The van der Waals surface area contributed by atoms with Gasteiger partial charge in [-0.1, -0.05) is 0 Å². The number of aromatic nitrogens is 2. The van der Waals surface area contributed by atoms with Gasteiger partial charge in [-0.3, -0.25) is 9.68 Å². The minimum Gasteiger partial charge on any atom is -0.448 e. The zero-order valence-corrected chi connectivity index (χ0v) is 13.5. The fourth-order valence-electron chi connectivity index (χ4n) is 1.71. The Labute approximate surface area is 152 Å². The summed E-state index contributed by atoms with van der Waals surface area (Å²) in [6, 6.07) is 4.84. The molecule has 2 rings (SSSR count). The van der Waals surface area contributed by atoms with E-state index in [2.05, 4.69) is 25.0 Å². The van der Waals surface area contributed by atoms with E-state index < -0.39 is 35.2 Å². The van der Waals surface area contributed by atoms with Crippen LogP contribution in [0.25, 0.3) is 0 Å². The van der Waals surface area contributed by atoms with Crippen LogP contribution in [0.3, 0.4) is 0 Å². The molecule has 0 amide bonds. The molecule has 0 saturated heterocycles. The van der Waals surface area contributed by atoms with Crippen molar-refractivity contribution in [1.82, 2.24) is 9.97 Å². The largest absolute Gasteiger partial charge is 0.533 e. The lowest BCUT2D eigenvalue weighted by Gasteiger charge is -2.17. The van der Waals surface area contributed by atoms with Gasteiger partial charge in [-0.2, -0.15) is 18.2 Å². The SMILES string of the molecule is O=C(O)ON(OC(=O)O)c1cc(Nc2ccc(C(F)(F)F)cc2)nc(Cl)n1. The highest BCUT2D eigenvalue weighted by Crippen LogP contribution is 2.30. The molecule has 10 nitrogen and oxygen atoms in total. The normalized spacial score (nSPS) is 10.8. The van der Waals surface area contributed by atoms with E-state index in [9.17, 15) is 22.8 Å². The molecule has 1 aromatic heterocycles. The van der Waals surface area contributed by atoms with E-state index in [0.29, 0.717) is 0 Å². The number of halogens is 4. The molecule has 0 unspecified atom stereocenters. The third kappa shape index (κ3) is 5.78. The number of nitrogens with one attached hydrogen (secondary N) is 1. The van der Waals surface area contributed by atoms with Gasteiger partial charge >= 0.3 is 18.5 Å². The number of hydrogen-bond donors (Lipinski definition) is 3. The predicted octanol–water partition coefficient (Wildman–Crippen LogP) is 3.92. The highest BCUT2D eigenvalue weighted by molar-refractivity contribution is 6.28. The van der Waals surface area contributed by atoms with Crippen molar-refractivity contribution in [2.75, 3.05) is 10.5 Å². The van der Waals surface area contributed by atoms with Crippen LogP contribution in [-0.2, 0) is 15.9 Å². The summed E-state index contributed by atoms with van der Waals surface area (Å²) < 4.78 is 37.7. The smallest absolute Gasteiger partial charge is 0.448 e. The predicted molar refractivity (Wildman–Crippen MR) is 82.5 cm³/mol. The average Bonchev–Trinajstić information content (AvgIpc) is 2.52. The Kier molecular flexibility index (Phi) is 5.75. The molecule has 0 atom stereocenters. The standard InChI is InChI=1S/C13H8ClF3N4O6/c14-10-19-8(18-7-3-1-6(2-4-7)13(15,16)17)5-9(20-10)21(26-11(22)23)27-12(24)25/h1-5H,(H,22,23)(H,24,25)(H,18,19,20). The highest BCUT2D eigenvalue weighted by Gasteiger charge is 2.30. The maximum atomic E-state index is 12.6. The van der Waals surface area contributed by atoms with Gasteiger partial charge < -0.3 is 15.5 Å². The van der Waals surface area contributed by atoms with Crippen molar-refractivity contribution in [3.05, 3.63) is 41.2 Å². The van der Waals surface area contributed by atoms with Gasteiger partial charge in [-0.25, -0.2) is 14.6 Å². The number of carbonyl (C=O) groups is 2. The van der Waals surface area contributed by atoms with Crippen LogP contribution in [0.4, 0.5) is 40.1 Å². The summed E-state index contributed by atoms with van der Waals surface area (Å²) in [5, 5.41) is 19.3. The molecule has 0 bridgehead atoms. The summed E-state index contributed by atoms with van der Waals surface area (Å²) in [4.78, 5) is 36.7. The molecule has 0 saturated carbocycles. The number of anilines is 3. The van der Waals surface area contributed by atoms with Crippen molar-refractivity contribution in [2.24, 2.45) is 0 Å². The molecule has 3 N–H and O–H groups in total. The first-order valence-corrected chi connectivity index (χ1v) is 7.03. The molecule has 1 aromatic carbocycles. The van der Waals surface area contributed by atoms with E-state index in [1.807, 2.05) is 0 Å². The molecule has 27 heavy (non-hydrogen) atoms. The molecule has 0 aliphatic carbocycles. The number of carboxylic acid groups (broad SMARTS) is 2. The molecular weight excluding hydrogens is 401 g/mol. The fourth-order valence-corrected chi connectivity index (χ4v) is 1.89. The zero-order chi connectivity index (χ0) is 20.2. The van der Waals surface area contributed by atoms with Gasteiger partial charge in [0.05, 0.1) is 5.56 Å². The minimum absolute atomic E-state index is 0.0594. The van der Waals surface area contributed by atoms with Crippen LogP contribution >= 0.6 is 11.6 Å². The van der Waals surface area contributed by atoms with Gasteiger partial charge in [0.1, 0.15) is 5.82 Å². The summed E-state index contributed by atoms with van der Waals surface area (Å²) in [5.41, 5.74) is -0.695. The number of nitrogens with zero attached hydrogens (tertiary/aromatic N) is 3. The Bertz CT molecular complexity index is 833. The number of benzene rings is 1. The molecule has 2 aromatic rings. The van der Waals surface area contributed by atoms with E-state index >= 15 is 0 Å². The van der Waals surface area contributed by atoms with Crippen molar-refractivity contribution >= 4 is 41.2 Å². The molecule has 0 radical (unpaired) electrons. The lowest BCUT2D eigenvalue weighted by atomic mass is 10.2. The Balaban J connectivity index is 2.27. The zero-order valence-electron chi connectivity index (χ0n) is 12.8. The van der Waals surface area contributed by atoms with Crippen LogP contribution in [-0.4, -0.2) is 32.5 Å². The summed E-state index contributed by atoms with van der Waals surface area (Å²) >= 11 is 5.67. The van der Waals surface area contributed by atoms with Crippen molar-refractivity contribution in [2.45, 2.75) is 6.18 Å². The minimum atomic E-state index is -4.51. The van der Waals surface area contributed by atoms with E-state index in [1.165, 1.54) is 0 Å². The monoisotopic (exact) mass is 408 g/mol. The quantitative estimate of drug-likeness (QED) is 0.493. The third-order valence-corrected chi connectivity index (χ3v) is 2.85. The average molecular weight is 409 g/mol. The maximum absolute atomic E-state index is 12.6. The summed E-state index contributed by atoms with van der Waals surface area (Å²) in [6.45, 7) is 0. The second-order valence-electron chi connectivity index (χ2n) is 4.55. The van der Waals surface area contributed by atoms with Gasteiger partial charge in [-0.15, -0.1) is 0 Å². The second kappa shape index (κ2) is 7.82. The lowest BCUT2D eigenvalue weighted by molar-refractivity contribution is -0.137. The Morgan fingerprint density at radius 1 is 1.07 bits per heavy atom. The number of hydrogen-bond acceptors (Lipinski definition) is 8. The van der Waals surface area contributed by atoms with Crippen LogP contribution in [0.2, 0.25) is 5.28 Å². The van der Waals surface area contributed by atoms with Gasteiger partial charge in [0.25, 0.3) is 0 Å². The van der Waals surface area contributed by atoms with Crippen LogP contribution in [0.1, 0.15) is 5.56 Å². The van der Waals surface area contributed by atoms with Gasteiger partial charge in [-0.05, 0) is 41.1 Å². The first kappa shape index (κ1) is 19.8. The molecule has 14 heteroatoms.